The summed E-state index contributed by atoms with van der Waals surface area (Å²) in [6.07, 6.45) is 17.0. The van der Waals surface area contributed by atoms with Gasteiger partial charge in [0.15, 0.2) is 0 Å². The monoisotopic (exact) mass is 872 g/mol. The second-order valence-corrected chi connectivity index (χ2v) is 23.3. The maximum atomic E-state index is 12.4. The van der Waals surface area contributed by atoms with Gasteiger partial charge in [-0.05, 0) is 112 Å². The molecule has 14 heteroatoms. The Morgan fingerprint density at radius 3 is 1.02 bits per heavy atom. The largest absolute Gasteiger partial charge is 0.744 e. The Morgan fingerprint density at radius 1 is 0.533 bits per heavy atom. The Balaban J connectivity index is 0.000000223. The molecule has 0 spiro atoms. The first kappa shape index (κ1) is 46.6. The molecule has 0 atom stereocenters. The topological polar surface area (TPSA) is 167 Å². The van der Waals surface area contributed by atoms with Gasteiger partial charge < -0.3 is 27.5 Å². The standard InChI is InChI=1S/C32H54N2O4.2C7H8O3S/c1-33(2,31-17-23-11-24(18-31)13-25(12-23)19-31)7-9-37-29(35)5-6-30(36)38-10-8-34(3,4)32-20-26-14-27(21-32)16-28(15-26)22-32;2*1-6-2-4-7(5-3-6)11(8,9)10/h23-28H,5-22H2,1-4H3;2*2-5H,1H3,(H,8,9,10)/q+2;;/p-2. The van der Waals surface area contributed by atoms with Gasteiger partial charge in [-0.2, -0.15) is 0 Å². The molecule has 12 nitrogen and oxygen atoms in total. The number of quaternary nitrogens is 2. The Bertz CT molecular complexity index is 1830. The fraction of sp³-hybridized carbons (Fsp3) is 0.696. The Labute approximate surface area is 359 Å². The fourth-order valence-corrected chi connectivity index (χ4v) is 13.6. The molecule has 10 rings (SSSR count). The molecule has 0 saturated heterocycles. The van der Waals surface area contributed by atoms with Crippen molar-refractivity contribution in [3.05, 3.63) is 59.7 Å². The quantitative estimate of drug-likeness (QED) is 0.120. The zero-order valence-electron chi connectivity index (χ0n) is 36.6. The Kier molecular flexibility index (Phi) is 14.0. The number of carbonyl (C=O) groups excluding carboxylic acids is 2. The molecule has 8 saturated carbocycles. The lowest BCUT2D eigenvalue weighted by Crippen LogP contribution is -2.67. The zero-order chi connectivity index (χ0) is 43.7. The molecule has 0 heterocycles. The molecule has 8 aliphatic rings. The lowest BCUT2D eigenvalue weighted by Gasteiger charge is -2.62. The summed E-state index contributed by atoms with van der Waals surface area (Å²) >= 11 is 0. The number of esters is 2. The first-order valence-corrected chi connectivity index (χ1v) is 24.8. The van der Waals surface area contributed by atoms with Gasteiger partial charge in [-0.15, -0.1) is 0 Å². The maximum absolute atomic E-state index is 12.4. The summed E-state index contributed by atoms with van der Waals surface area (Å²) in [6, 6.07) is 11.6. The second kappa shape index (κ2) is 18.1. The Hall–Kier alpha value is -2.88. The molecular weight excluding hydrogens is 805 g/mol. The Morgan fingerprint density at radius 2 is 0.783 bits per heavy atom. The molecule has 8 fully saturated rings. The van der Waals surface area contributed by atoms with Gasteiger partial charge in [0, 0.05) is 38.5 Å². The summed E-state index contributed by atoms with van der Waals surface area (Å²) < 4.78 is 75.5. The van der Waals surface area contributed by atoms with Crippen molar-refractivity contribution in [1.82, 2.24) is 0 Å². The average Bonchev–Trinajstić information content (AvgIpc) is 3.13. The minimum absolute atomic E-state index is 0.122. The van der Waals surface area contributed by atoms with Gasteiger partial charge in [-0.1, -0.05) is 35.4 Å². The molecule has 0 radical (unpaired) electrons. The van der Waals surface area contributed by atoms with Gasteiger partial charge in [-0.25, -0.2) is 16.8 Å². The summed E-state index contributed by atoms with van der Waals surface area (Å²) in [5.74, 6) is 4.99. The van der Waals surface area contributed by atoms with E-state index in [1.807, 2.05) is 13.8 Å². The van der Waals surface area contributed by atoms with Crippen molar-refractivity contribution in [2.24, 2.45) is 35.5 Å². The summed E-state index contributed by atoms with van der Waals surface area (Å²) in [7, 11) is 0.857. The van der Waals surface area contributed by atoms with Crippen molar-refractivity contribution in [1.29, 1.82) is 0 Å². The van der Waals surface area contributed by atoms with E-state index in [2.05, 4.69) is 28.2 Å². The van der Waals surface area contributed by atoms with E-state index in [1.165, 1.54) is 101 Å². The molecule has 60 heavy (non-hydrogen) atoms. The molecular formula is C46H68N2O10S2. The van der Waals surface area contributed by atoms with Gasteiger partial charge in [0.2, 0.25) is 0 Å². The van der Waals surface area contributed by atoms with E-state index in [9.17, 15) is 35.5 Å². The lowest BCUT2D eigenvalue weighted by molar-refractivity contribution is -0.948. The molecule has 2 aromatic carbocycles. The van der Waals surface area contributed by atoms with E-state index in [-0.39, 0.29) is 34.6 Å². The van der Waals surface area contributed by atoms with Gasteiger partial charge in [0.1, 0.15) is 46.5 Å². The maximum Gasteiger partial charge on any atom is 0.306 e. The van der Waals surface area contributed by atoms with E-state index >= 15 is 0 Å². The summed E-state index contributed by atoms with van der Waals surface area (Å²) in [5, 5.41) is 0. The van der Waals surface area contributed by atoms with Crippen LogP contribution in [0.2, 0.25) is 0 Å². The average molecular weight is 873 g/mol. The van der Waals surface area contributed by atoms with Crippen molar-refractivity contribution in [3.63, 3.8) is 0 Å². The second-order valence-electron chi connectivity index (χ2n) is 20.6. The SMILES string of the molecule is C[N+](C)(CCOC(=O)CCC(=O)OCC[N+](C)(C)C12CC3CC(CC(C3)C1)C2)C12CC3CC(CC(C3)C1)C2.Cc1ccc(S(=O)(=O)[O-])cc1.Cc1ccc(S(=O)(=O)[O-])cc1. The molecule has 2 aromatic rings. The zero-order valence-corrected chi connectivity index (χ0v) is 38.2. The number of ether oxygens (including phenoxy) is 2. The first-order valence-electron chi connectivity index (χ1n) is 22.0. The third kappa shape index (κ3) is 11.2. The third-order valence-electron chi connectivity index (χ3n) is 15.6. The molecule has 0 aliphatic heterocycles. The minimum atomic E-state index is -4.27. The predicted molar refractivity (Wildman–Crippen MR) is 225 cm³/mol. The number of nitrogens with zero attached hydrogens (tertiary/aromatic N) is 2. The van der Waals surface area contributed by atoms with Crippen LogP contribution in [0.3, 0.4) is 0 Å². The van der Waals surface area contributed by atoms with E-state index in [1.54, 1.807) is 24.3 Å². The smallest absolute Gasteiger partial charge is 0.306 e. The van der Waals surface area contributed by atoms with Crippen LogP contribution in [-0.2, 0) is 39.3 Å². The van der Waals surface area contributed by atoms with Crippen LogP contribution >= 0.6 is 0 Å². The van der Waals surface area contributed by atoms with Crippen molar-refractivity contribution < 1.29 is 54.0 Å². The number of carbonyl (C=O) groups is 2. The highest BCUT2D eigenvalue weighted by Crippen LogP contribution is 2.60. The van der Waals surface area contributed by atoms with Crippen LogP contribution in [0.25, 0.3) is 0 Å². The van der Waals surface area contributed by atoms with Crippen molar-refractivity contribution in [2.75, 3.05) is 54.5 Å². The molecule has 334 valence electrons. The summed E-state index contributed by atoms with van der Waals surface area (Å²) in [6.45, 7) is 6.25. The highest BCUT2D eigenvalue weighted by molar-refractivity contribution is 7.86. The molecule has 0 unspecified atom stereocenters. The van der Waals surface area contributed by atoms with Crippen LogP contribution in [0.15, 0.2) is 58.3 Å². The molecule has 8 bridgehead atoms. The number of hydrogen-bond donors (Lipinski definition) is 0. The van der Waals surface area contributed by atoms with E-state index in [4.69, 9.17) is 9.47 Å². The number of likely N-dealkylation sites (N-methyl/N-ethyl adjacent to an activating group) is 2. The molecule has 0 aromatic heterocycles. The van der Waals surface area contributed by atoms with Crippen LogP contribution in [-0.4, -0.2) is 112 Å². The van der Waals surface area contributed by atoms with Crippen LogP contribution in [0.5, 0.6) is 0 Å². The van der Waals surface area contributed by atoms with Crippen molar-refractivity contribution in [2.45, 2.75) is 125 Å². The predicted octanol–water partition coefficient (Wildman–Crippen LogP) is 6.74. The summed E-state index contributed by atoms with van der Waals surface area (Å²) in [5.41, 5.74) is 2.62. The normalized spacial score (nSPS) is 30.1. The minimum Gasteiger partial charge on any atom is -0.744 e. The van der Waals surface area contributed by atoms with Crippen LogP contribution in [0, 0.1) is 49.4 Å². The van der Waals surface area contributed by atoms with Crippen molar-refractivity contribution >= 4 is 32.2 Å². The van der Waals surface area contributed by atoms with E-state index in [0.29, 0.717) is 24.3 Å². The van der Waals surface area contributed by atoms with Gasteiger partial charge in [0.25, 0.3) is 0 Å². The van der Waals surface area contributed by atoms with E-state index in [0.717, 1.165) is 68.7 Å². The van der Waals surface area contributed by atoms with Crippen LogP contribution in [0.1, 0.15) is 101 Å². The molecule has 0 amide bonds. The number of hydrogen-bond acceptors (Lipinski definition) is 10. The van der Waals surface area contributed by atoms with Gasteiger partial charge >= 0.3 is 11.9 Å². The number of benzene rings is 2. The molecule has 8 aliphatic carbocycles. The van der Waals surface area contributed by atoms with E-state index < -0.39 is 20.2 Å². The lowest BCUT2D eigenvalue weighted by atomic mass is 9.52. The third-order valence-corrected chi connectivity index (χ3v) is 17.3. The van der Waals surface area contributed by atoms with Crippen LogP contribution in [0.4, 0.5) is 0 Å². The number of aryl methyl sites for hydroxylation is 2. The first-order chi connectivity index (χ1) is 28.0. The molecule has 0 N–H and O–H groups in total. The van der Waals surface area contributed by atoms with Gasteiger partial charge in [-0.3, -0.25) is 9.59 Å². The van der Waals surface area contributed by atoms with Crippen molar-refractivity contribution in [3.8, 4) is 0 Å². The fourth-order valence-electron chi connectivity index (χ4n) is 12.6. The summed E-state index contributed by atoms with van der Waals surface area (Å²) in [4.78, 5) is 24.5. The number of rotatable bonds is 13. The highest BCUT2D eigenvalue weighted by Gasteiger charge is 2.59. The highest BCUT2D eigenvalue weighted by atomic mass is 32.2. The van der Waals surface area contributed by atoms with Crippen LogP contribution < -0.4 is 0 Å². The van der Waals surface area contributed by atoms with Gasteiger partial charge in [0.05, 0.1) is 61.9 Å².